The molecule has 124 valence electrons. The van der Waals surface area contributed by atoms with Crippen molar-refractivity contribution in [2.45, 2.75) is 25.2 Å². The third-order valence-electron chi connectivity index (χ3n) is 2.51. The molecule has 1 heterocycles. The molecule has 0 spiro atoms. The molecule has 0 fully saturated rings. The monoisotopic (exact) mass is 306 g/mol. The number of methoxy groups -OCH3 is 6. The van der Waals surface area contributed by atoms with Crippen LogP contribution in [0.1, 0.15) is 0 Å². The van der Waals surface area contributed by atoms with Crippen LogP contribution in [-0.4, -0.2) is 67.8 Å². The molecule has 0 saturated carbocycles. The lowest BCUT2D eigenvalue weighted by atomic mass is 10.4. The fourth-order valence-electron chi connectivity index (χ4n) is 1.36. The third-order valence-corrected chi connectivity index (χ3v) is 2.51. The fraction of sp³-hybridized carbons (Fsp3) is 0.714. The van der Waals surface area contributed by atoms with Gasteiger partial charge in [-0.25, -0.2) is 0 Å². The highest BCUT2D eigenvalue weighted by atomic mass is 16.8. The molecule has 1 aliphatic heterocycles. The van der Waals surface area contributed by atoms with E-state index in [9.17, 15) is 0 Å². The van der Waals surface area contributed by atoms with Crippen molar-refractivity contribution in [2.24, 2.45) is 0 Å². The van der Waals surface area contributed by atoms with Gasteiger partial charge in [-0.05, 0) is 24.3 Å². The van der Waals surface area contributed by atoms with E-state index in [1.165, 1.54) is 0 Å². The molecule has 7 heteroatoms. The topological polar surface area (TPSA) is 64.6 Å². The van der Waals surface area contributed by atoms with Crippen LogP contribution in [0.2, 0.25) is 0 Å². The van der Waals surface area contributed by atoms with Crippen molar-refractivity contribution in [1.82, 2.24) is 0 Å². The third kappa shape index (κ3) is 8.94. The van der Waals surface area contributed by atoms with Crippen molar-refractivity contribution in [3.63, 3.8) is 0 Å². The number of hydrogen-bond acceptors (Lipinski definition) is 7. The first kappa shape index (κ1) is 20.2. The zero-order valence-electron chi connectivity index (χ0n) is 13.5. The van der Waals surface area contributed by atoms with E-state index in [1.807, 2.05) is 12.2 Å². The van der Waals surface area contributed by atoms with Gasteiger partial charge >= 0.3 is 0 Å². The molecule has 0 aromatic heterocycles. The quantitative estimate of drug-likeness (QED) is 0.494. The van der Waals surface area contributed by atoms with Crippen molar-refractivity contribution in [1.29, 1.82) is 0 Å². The lowest BCUT2D eigenvalue weighted by Gasteiger charge is -2.11. The van der Waals surface area contributed by atoms with Crippen LogP contribution in [-0.2, 0) is 33.2 Å². The molecule has 1 aliphatic rings. The van der Waals surface area contributed by atoms with Gasteiger partial charge in [-0.2, -0.15) is 0 Å². The van der Waals surface area contributed by atoms with Crippen LogP contribution >= 0.6 is 0 Å². The molecular formula is C14H26O7. The molecule has 0 saturated heterocycles. The molecule has 0 bridgehead atoms. The zero-order valence-corrected chi connectivity index (χ0v) is 13.5. The molecule has 0 N–H and O–H groups in total. The van der Waals surface area contributed by atoms with Crippen LogP contribution in [0.25, 0.3) is 0 Å². The first-order chi connectivity index (χ1) is 10.1. The Morgan fingerprint density at radius 1 is 0.714 bits per heavy atom. The lowest BCUT2D eigenvalue weighted by Crippen LogP contribution is -2.14. The summed E-state index contributed by atoms with van der Waals surface area (Å²) in [5.74, 6) is 0. The van der Waals surface area contributed by atoms with Gasteiger partial charge < -0.3 is 33.2 Å². The van der Waals surface area contributed by atoms with Crippen LogP contribution in [0.3, 0.4) is 0 Å². The molecule has 2 atom stereocenters. The molecule has 0 aromatic rings. The van der Waals surface area contributed by atoms with Gasteiger partial charge in [0.05, 0.1) is 0 Å². The predicted octanol–water partition coefficient (Wildman–Crippen LogP) is 1.30. The Bertz CT molecular complexity index is 259. The average molecular weight is 306 g/mol. The first-order valence-electron chi connectivity index (χ1n) is 6.34. The Morgan fingerprint density at radius 3 is 1.24 bits per heavy atom. The predicted molar refractivity (Wildman–Crippen MR) is 76.6 cm³/mol. The van der Waals surface area contributed by atoms with Crippen molar-refractivity contribution >= 4 is 0 Å². The lowest BCUT2D eigenvalue weighted by molar-refractivity contribution is -0.173. The van der Waals surface area contributed by atoms with E-state index >= 15 is 0 Å². The summed E-state index contributed by atoms with van der Waals surface area (Å²) < 4.78 is 34.5. The molecule has 0 radical (unpaired) electrons. The summed E-state index contributed by atoms with van der Waals surface area (Å²) in [6, 6.07) is 0. The smallest absolute Gasteiger partial charge is 0.180 e. The highest BCUT2D eigenvalue weighted by Gasteiger charge is 2.16. The highest BCUT2D eigenvalue weighted by Crippen LogP contribution is 2.11. The van der Waals surface area contributed by atoms with Gasteiger partial charge in [0.25, 0.3) is 0 Å². The Balaban J connectivity index is 0.000000394. The summed E-state index contributed by atoms with van der Waals surface area (Å²) in [5.41, 5.74) is 0. The van der Waals surface area contributed by atoms with Crippen LogP contribution in [0.5, 0.6) is 0 Å². The minimum absolute atomic E-state index is 0.227. The van der Waals surface area contributed by atoms with E-state index in [-0.39, 0.29) is 25.2 Å². The second-order valence-electron chi connectivity index (χ2n) is 3.79. The second kappa shape index (κ2) is 12.9. The van der Waals surface area contributed by atoms with Gasteiger partial charge in [0.2, 0.25) is 0 Å². The van der Waals surface area contributed by atoms with E-state index < -0.39 is 0 Å². The Labute approximate surface area is 126 Å². The summed E-state index contributed by atoms with van der Waals surface area (Å²) in [4.78, 5) is 0. The summed E-state index contributed by atoms with van der Waals surface area (Å²) in [6.07, 6.45) is 5.91. The van der Waals surface area contributed by atoms with Crippen molar-refractivity contribution in [2.75, 3.05) is 42.7 Å². The van der Waals surface area contributed by atoms with Gasteiger partial charge in [0, 0.05) is 42.7 Å². The minimum atomic E-state index is -0.349. The molecular weight excluding hydrogens is 280 g/mol. The summed E-state index contributed by atoms with van der Waals surface area (Å²) in [5, 5.41) is 0. The maximum absolute atomic E-state index is 5.10. The van der Waals surface area contributed by atoms with Crippen molar-refractivity contribution in [3.8, 4) is 0 Å². The Morgan fingerprint density at radius 2 is 1.05 bits per heavy atom. The SMILES string of the molecule is COC(/C=C/C(OC)OC)OC.COC1C=CC(OC)O1. The van der Waals surface area contributed by atoms with Gasteiger partial charge in [-0.1, -0.05) is 0 Å². The second-order valence-corrected chi connectivity index (χ2v) is 3.79. The maximum atomic E-state index is 5.10. The molecule has 1 rings (SSSR count). The molecule has 0 aromatic carbocycles. The Kier molecular flexibility index (Phi) is 12.4. The summed E-state index contributed by atoms with van der Waals surface area (Å²) in [6.45, 7) is 0. The molecule has 0 aliphatic carbocycles. The number of hydrogen-bond donors (Lipinski definition) is 0. The van der Waals surface area contributed by atoms with Gasteiger partial charge in [0.1, 0.15) is 0 Å². The van der Waals surface area contributed by atoms with Crippen molar-refractivity contribution < 1.29 is 33.2 Å². The fourth-order valence-corrected chi connectivity index (χ4v) is 1.36. The van der Waals surface area contributed by atoms with E-state index in [4.69, 9.17) is 33.2 Å². The van der Waals surface area contributed by atoms with Gasteiger partial charge in [-0.15, -0.1) is 0 Å². The summed E-state index contributed by atoms with van der Waals surface area (Å²) in [7, 11) is 9.43. The number of ether oxygens (including phenoxy) is 7. The van der Waals surface area contributed by atoms with E-state index in [0.717, 1.165) is 0 Å². The van der Waals surface area contributed by atoms with Gasteiger partial charge in [-0.3, -0.25) is 0 Å². The van der Waals surface area contributed by atoms with E-state index in [2.05, 4.69) is 0 Å². The Hall–Kier alpha value is -0.800. The molecule has 0 amide bonds. The van der Waals surface area contributed by atoms with E-state index in [1.54, 1.807) is 54.8 Å². The molecule has 7 nitrogen and oxygen atoms in total. The maximum Gasteiger partial charge on any atom is 0.180 e. The largest absolute Gasteiger partial charge is 0.352 e. The zero-order chi connectivity index (χ0) is 16.1. The van der Waals surface area contributed by atoms with Gasteiger partial charge in [0.15, 0.2) is 25.2 Å². The minimum Gasteiger partial charge on any atom is -0.352 e. The van der Waals surface area contributed by atoms with Crippen LogP contribution in [0, 0.1) is 0 Å². The molecule has 21 heavy (non-hydrogen) atoms. The van der Waals surface area contributed by atoms with Crippen LogP contribution in [0.4, 0.5) is 0 Å². The number of rotatable bonds is 8. The summed E-state index contributed by atoms with van der Waals surface area (Å²) >= 11 is 0. The normalized spacial score (nSPS) is 21.3. The first-order valence-corrected chi connectivity index (χ1v) is 6.34. The average Bonchev–Trinajstić information content (AvgIpc) is 3.01. The van der Waals surface area contributed by atoms with Crippen LogP contribution in [0.15, 0.2) is 24.3 Å². The van der Waals surface area contributed by atoms with Crippen molar-refractivity contribution in [3.05, 3.63) is 24.3 Å². The molecule has 2 unspecified atom stereocenters. The van der Waals surface area contributed by atoms with E-state index in [0.29, 0.717) is 0 Å². The van der Waals surface area contributed by atoms with Crippen LogP contribution < -0.4 is 0 Å². The highest BCUT2D eigenvalue weighted by molar-refractivity contribution is 4.94. The standard InChI is InChI=1S/C8H16O4.C6H10O3/c1-9-7(10-2)5-6-8(11-3)12-4;1-7-5-3-4-6(8-2)9-5/h5-8H,1-4H3;3-6H,1-2H3/b6-5+;.